The second-order valence-electron chi connectivity index (χ2n) is 4.51. The van der Waals surface area contributed by atoms with Crippen molar-refractivity contribution in [2.75, 3.05) is 5.73 Å². The van der Waals surface area contributed by atoms with Crippen LogP contribution in [0, 0.1) is 6.92 Å². The Balaban J connectivity index is 2.24. The Morgan fingerprint density at radius 2 is 2.15 bits per heavy atom. The van der Waals surface area contributed by atoms with E-state index in [0.717, 1.165) is 25.6 Å². The lowest BCUT2D eigenvalue weighted by molar-refractivity contribution is 0.783. The second kappa shape index (κ2) is 5.03. The molecule has 0 atom stereocenters. The van der Waals surface area contributed by atoms with Crippen LogP contribution in [0.2, 0.25) is 0 Å². The van der Waals surface area contributed by atoms with Gasteiger partial charge in [0.15, 0.2) is 0 Å². The molecule has 0 aliphatic heterocycles. The van der Waals surface area contributed by atoms with Gasteiger partial charge in [0.1, 0.15) is 11.5 Å². The number of thiophene rings is 1. The Hall–Kier alpha value is -1.66. The molecule has 0 aromatic carbocycles. The summed E-state index contributed by atoms with van der Waals surface area (Å²) in [4.78, 5) is 5.48. The molecule has 0 fully saturated rings. The van der Waals surface area contributed by atoms with E-state index in [1.807, 2.05) is 25.2 Å². The Morgan fingerprint density at radius 1 is 1.35 bits per heavy atom. The van der Waals surface area contributed by atoms with Crippen LogP contribution in [0.1, 0.15) is 5.56 Å². The number of nitrogens with zero attached hydrogens (tertiary/aromatic N) is 3. The van der Waals surface area contributed by atoms with E-state index in [1.165, 1.54) is 5.56 Å². The molecule has 0 saturated heterocycles. The van der Waals surface area contributed by atoms with Crippen molar-refractivity contribution in [3.63, 3.8) is 0 Å². The summed E-state index contributed by atoms with van der Waals surface area (Å²) in [7, 11) is 1.85. The minimum absolute atomic E-state index is 0.626. The van der Waals surface area contributed by atoms with Crippen molar-refractivity contribution in [1.82, 2.24) is 14.8 Å². The summed E-state index contributed by atoms with van der Waals surface area (Å²) in [6, 6.07) is 7.91. The molecule has 0 amide bonds. The van der Waals surface area contributed by atoms with Crippen molar-refractivity contribution >= 4 is 33.1 Å². The summed E-state index contributed by atoms with van der Waals surface area (Å²) in [5.74, 6) is 0.626. The first kappa shape index (κ1) is 13.3. The maximum absolute atomic E-state index is 6.17. The van der Waals surface area contributed by atoms with E-state index >= 15 is 0 Å². The highest BCUT2D eigenvalue weighted by atomic mass is 79.9. The molecule has 0 unspecified atom stereocenters. The molecule has 6 heteroatoms. The van der Waals surface area contributed by atoms with Gasteiger partial charge in [-0.1, -0.05) is 6.07 Å². The number of hydrogen-bond acceptors (Lipinski definition) is 4. The molecule has 0 aliphatic rings. The third kappa shape index (κ3) is 2.14. The number of hydrogen-bond donors (Lipinski definition) is 1. The quantitative estimate of drug-likeness (QED) is 0.764. The van der Waals surface area contributed by atoms with Crippen LogP contribution in [0.5, 0.6) is 0 Å². The van der Waals surface area contributed by atoms with Crippen LogP contribution < -0.4 is 5.73 Å². The van der Waals surface area contributed by atoms with Crippen molar-refractivity contribution in [1.29, 1.82) is 0 Å². The Morgan fingerprint density at radius 3 is 2.75 bits per heavy atom. The van der Waals surface area contributed by atoms with Crippen LogP contribution in [0.15, 0.2) is 34.2 Å². The second-order valence-corrected chi connectivity index (χ2v) is 6.88. The zero-order chi connectivity index (χ0) is 14.3. The van der Waals surface area contributed by atoms with E-state index in [2.05, 4.69) is 39.0 Å². The topological polar surface area (TPSA) is 56.7 Å². The predicted octanol–water partition coefficient (Wildman–Crippen LogP) is 3.86. The number of anilines is 1. The average Bonchev–Trinajstić information content (AvgIpc) is 2.93. The number of rotatable bonds is 2. The largest absolute Gasteiger partial charge is 0.383 e. The van der Waals surface area contributed by atoms with E-state index in [-0.39, 0.29) is 0 Å². The van der Waals surface area contributed by atoms with Crippen molar-refractivity contribution in [2.24, 2.45) is 7.05 Å². The fraction of sp³-hybridized carbons (Fsp3) is 0.143. The lowest BCUT2D eigenvalue weighted by Crippen LogP contribution is -1.98. The summed E-state index contributed by atoms with van der Waals surface area (Å²) in [6.07, 6.45) is 1.77. The smallest absolute Gasteiger partial charge is 0.131 e. The number of pyridine rings is 1. The van der Waals surface area contributed by atoms with Gasteiger partial charge in [0.2, 0.25) is 0 Å². The molecule has 102 valence electrons. The minimum atomic E-state index is 0.626. The summed E-state index contributed by atoms with van der Waals surface area (Å²) < 4.78 is 2.81. The number of nitrogens with two attached hydrogens (primary N) is 1. The van der Waals surface area contributed by atoms with Gasteiger partial charge in [0.25, 0.3) is 0 Å². The van der Waals surface area contributed by atoms with E-state index in [0.29, 0.717) is 5.82 Å². The highest BCUT2D eigenvalue weighted by Gasteiger charge is 2.20. The maximum atomic E-state index is 6.17. The molecule has 2 N–H and O–H groups in total. The van der Waals surface area contributed by atoms with Crippen LogP contribution in [0.25, 0.3) is 21.8 Å². The summed E-state index contributed by atoms with van der Waals surface area (Å²) in [5, 5.41) is 4.55. The van der Waals surface area contributed by atoms with Gasteiger partial charge in [-0.15, -0.1) is 11.3 Å². The molecule has 3 rings (SSSR count). The van der Waals surface area contributed by atoms with Gasteiger partial charge in [0.05, 0.1) is 19.9 Å². The molecule has 3 aromatic heterocycles. The van der Waals surface area contributed by atoms with Crippen LogP contribution in [-0.2, 0) is 7.05 Å². The number of halogens is 1. The van der Waals surface area contributed by atoms with Crippen LogP contribution >= 0.6 is 27.3 Å². The third-order valence-corrected chi connectivity index (χ3v) is 5.25. The molecule has 0 saturated carbocycles. The van der Waals surface area contributed by atoms with Gasteiger partial charge in [-0.2, -0.15) is 5.10 Å². The molecule has 3 heterocycles. The standard InChI is InChI=1S/C14H13BrN4S/c1-8-7-10(20-13(8)15)12-11(14(16)19(2)18-12)9-5-3-4-6-17-9/h3-7H,16H2,1-2H3. The molecular formula is C14H13BrN4S. The monoisotopic (exact) mass is 348 g/mol. The van der Waals surface area contributed by atoms with E-state index in [1.54, 1.807) is 22.2 Å². The SMILES string of the molecule is Cc1cc(-c2nn(C)c(N)c2-c2ccccn2)sc1Br. The molecule has 4 nitrogen and oxygen atoms in total. The number of aryl methyl sites for hydroxylation is 2. The van der Waals surface area contributed by atoms with Gasteiger partial charge < -0.3 is 5.73 Å². The van der Waals surface area contributed by atoms with Crippen molar-refractivity contribution in [3.05, 3.63) is 39.8 Å². The fourth-order valence-corrected chi connectivity index (χ4v) is 3.58. The van der Waals surface area contributed by atoms with E-state index in [9.17, 15) is 0 Å². The highest BCUT2D eigenvalue weighted by Crippen LogP contribution is 2.40. The average molecular weight is 349 g/mol. The zero-order valence-corrected chi connectivity index (χ0v) is 13.5. The molecular weight excluding hydrogens is 336 g/mol. The number of aromatic nitrogens is 3. The first-order valence-electron chi connectivity index (χ1n) is 6.08. The van der Waals surface area contributed by atoms with Gasteiger partial charge >= 0.3 is 0 Å². The first-order valence-corrected chi connectivity index (χ1v) is 7.69. The minimum Gasteiger partial charge on any atom is -0.383 e. The summed E-state index contributed by atoms with van der Waals surface area (Å²) in [6.45, 7) is 2.07. The van der Waals surface area contributed by atoms with Crippen LogP contribution in [0.3, 0.4) is 0 Å². The van der Waals surface area contributed by atoms with Crippen molar-refractivity contribution in [2.45, 2.75) is 6.92 Å². The van der Waals surface area contributed by atoms with Crippen molar-refractivity contribution < 1.29 is 0 Å². The Kier molecular flexibility index (Phi) is 3.35. The normalized spacial score (nSPS) is 10.9. The zero-order valence-electron chi connectivity index (χ0n) is 11.1. The number of nitrogen functional groups attached to an aromatic ring is 1. The van der Waals surface area contributed by atoms with Crippen LogP contribution in [0.4, 0.5) is 5.82 Å². The van der Waals surface area contributed by atoms with Crippen molar-refractivity contribution in [3.8, 4) is 21.8 Å². The molecule has 0 aliphatic carbocycles. The lowest BCUT2D eigenvalue weighted by Gasteiger charge is -2.01. The predicted molar refractivity (Wildman–Crippen MR) is 86.6 cm³/mol. The van der Waals surface area contributed by atoms with Gasteiger partial charge in [-0.25, -0.2) is 0 Å². The van der Waals surface area contributed by atoms with Gasteiger partial charge in [0, 0.05) is 13.2 Å². The summed E-state index contributed by atoms with van der Waals surface area (Å²) >= 11 is 5.21. The summed E-state index contributed by atoms with van der Waals surface area (Å²) in [5.41, 5.74) is 9.98. The van der Waals surface area contributed by atoms with E-state index in [4.69, 9.17) is 5.73 Å². The Labute approximate surface area is 129 Å². The highest BCUT2D eigenvalue weighted by molar-refractivity contribution is 9.11. The molecule has 0 bridgehead atoms. The van der Waals surface area contributed by atoms with E-state index < -0.39 is 0 Å². The molecule has 3 aromatic rings. The fourth-order valence-electron chi connectivity index (χ4n) is 2.05. The molecule has 20 heavy (non-hydrogen) atoms. The molecule has 0 spiro atoms. The van der Waals surface area contributed by atoms with Crippen LogP contribution in [-0.4, -0.2) is 14.8 Å². The Bertz CT molecular complexity index is 742. The van der Waals surface area contributed by atoms with Gasteiger partial charge in [-0.3, -0.25) is 9.67 Å². The maximum Gasteiger partial charge on any atom is 0.131 e. The first-order chi connectivity index (χ1) is 9.58. The molecule has 0 radical (unpaired) electrons. The van der Waals surface area contributed by atoms with Gasteiger partial charge in [-0.05, 0) is 46.6 Å². The third-order valence-electron chi connectivity index (χ3n) is 3.10. The lowest BCUT2D eigenvalue weighted by atomic mass is 10.1.